The van der Waals surface area contributed by atoms with Crippen LogP contribution >= 0.6 is 0 Å². The molecule has 0 N–H and O–H groups in total. The third kappa shape index (κ3) is 11.0. The minimum Gasteiger partial charge on any atom is -0.772 e. The minimum atomic E-state index is -1.82. The Hall–Kier alpha value is 1.11. The Balaban J connectivity index is 0. The van der Waals surface area contributed by atoms with E-state index in [1.165, 1.54) is 0 Å². The molecule has 0 heterocycles. The molecule has 4 heteroatoms. The van der Waals surface area contributed by atoms with Crippen LogP contribution in [0, 0.1) is 0 Å². The Labute approximate surface area is 68.3 Å². The molecular formula is C3H7NaO2S. The van der Waals surface area contributed by atoms with Gasteiger partial charge in [-0.2, -0.15) is 0 Å². The minimum absolute atomic E-state index is 0. The smallest absolute Gasteiger partial charge is 0.772 e. The Kier molecular flexibility index (Phi) is 11.2. The molecule has 0 rings (SSSR count). The third-order valence-corrected chi connectivity index (χ3v) is 1.11. The van der Waals surface area contributed by atoms with Gasteiger partial charge in [0.2, 0.25) is 0 Å². The van der Waals surface area contributed by atoms with Crippen LogP contribution in [0.1, 0.15) is 13.3 Å². The maximum Gasteiger partial charge on any atom is 1.00 e. The maximum atomic E-state index is 9.60. The zero-order chi connectivity index (χ0) is 4.99. The molecule has 1 unspecified atom stereocenters. The molecule has 0 aromatic rings. The van der Waals surface area contributed by atoms with Gasteiger partial charge in [0.15, 0.2) is 0 Å². The van der Waals surface area contributed by atoms with Gasteiger partial charge in [0, 0.05) is 5.75 Å². The van der Waals surface area contributed by atoms with Crippen LogP contribution in [0.15, 0.2) is 0 Å². The molecule has 0 aromatic carbocycles. The Morgan fingerprint density at radius 1 is 1.71 bits per heavy atom. The molecule has 0 fully saturated rings. The van der Waals surface area contributed by atoms with Gasteiger partial charge in [-0.05, 0) is 6.42 Å². The van der Waals surface area contributed by atoms with Gasteiger partial charge in [0.25, 0.3) is 0 Å². The van der Waals surface area contributed by atoms with Crippen molar-refractivity contribution in [1.82, 2.24) is 0 Å². The first kappa shape index (κ1) is 11.0. The summed E-state index contributed by atoms with van der Waals surface area (Å²) in [5.74, 6) is 0.292. The molecule has 0 aliphatic carbocycles. The van der Waals surface area contributed by atoms with E-state index in [-0.39, 0.29) is 29.6 Å². The van der Waals surface area contributed by atoms with E-state index in [1.807, 2.05) is 6.92 Å². The summed E-state index contributed by atoms with van der Waals surface area (Å²) in [7, 11) is 0. The van der Waals surface area contributed by atoms with Crippen molar-refractivity contribution in [3.05, 3.63) is 0 Å². The second kappa shape index (κ2) is 7.11. The molecule has 0 spiro atoms. The fourth-order valence-corrected chi connectivity index (χ4v) is 0.500. The molecule has 38 valence electrons. The topological polar surface area (TPSA) is 40.1 Å². The van der Waals surface area contributed by atoms with Gasteiger partial charge in [-0.1, -0.05) is 18.0 Å². The summed E-state index contributed by atoms with van der Waals surface area (Å²) in [6.07, 6.45) is 0.718. The Bertz CT molecular complexity index is 56.9. The van der Waals surface area contributed by atoms with Crippen molar-refractivity contribution >= 4 is 11.1 Å². The summed E-state index contributed by atoms with van der Waals surface area (Å²) < 4.78 is 19.2. The zero-order valence-electron chi connectivity index (χ0n) is 4.64. The number of hydrogen-bond donors (Lipinski definition) is 0. The van der Waals surface area contributed by atoms with Crippen molar-refractivity contribution in [2.45, 2.75) is 13.3 Å². The van der Waals surface area contributed by atoms with Crippen LogP contribution in [-0.2, 0) is 11.1 Å². The summed E-state index contributed by atoms with van der Waals surface area (Å²) >= 11 is -1.82. The average molecular weight is 130 g/mol. The van der Waals surface area contributed by atoms with Crippen LogP contribution in [0.3, 0.4) is 0 Å². The van der Waals surface area contributed by atoms with Crippen LogP contribution in [-0.4, -0.2) is 14.5 Å². The summed E-state index contributed by atoms with van der Waals surface area (Å²) in [6, 6.07) is 0. The molecule has 7 heavy (non-hydrogen) atoms. The fraction of sp³-hybridized carbons (Fsp3) is 1.00. The van der Waals surface area contributed by atoms with E-state index in [9.17, 15) is 8.76 Å². The summed E-state index contributed by atoms with van der Waals surface area (Å²) in [5.41, 5.74) is 0. The predicted octanol–water partition coefficient (Wildman–Crippen LogP) is -2.72. The van der Waals surface area contributed by atoms with Crippen LogP contribution < -0.4 is 29.6 Å². The van der Waals surface area contributed by atoms with Gasteiger partial charge in [0.1, 0.15) is 0 Å². The summed E-state index contributed by atoms with van der Waals surface area (Å²) in [4.78, 5) is 0. The summed E-state index contributed by atoms with van der Waals surface area (Å²) in [6.45, 7) is 1.83. The first-order valence-electron chi connectivity index (χ1n) is 1.83. The SMILES string of the molecule is CCCS(=O)[O-].[Na+]. The first-order chi connectivity index (χ1) is 2.77. The van der Waals surface area contributed by atoms with E-state index in [1.54, 1.807) is 0 Å². The standard InChI is InChI=1S/C3H8O2S.Na/c1-2-3-6(4)5;/h2-3H2,1H3,(H,4,5);/q;+1/p-1. The van der Waals surface area contributed by atoms with Crippen molar-refractivity contribution in [1.29, 1.82) is 0 Å². The van der Waals surface area contributed by atoms with E-state index < -0.39 is 11.1 Å². The van der Waals surface area contributed by atoms with Crippen molar-refractivity contribution < 1.29 is 38.3 Å². The van der Waals surface area contributed by atoms with Crippen LogP contribution in [0.25, 0.3) is 0 Å². The molecule has 0 aromatic heterocycles. The summed E-state index contributed by atoms with van der Waals surface area (Å²) in [5, 5.41) is 0. The molecule has 0 aliphatic rings. The van der Waals surface area contributed by atoms with Crippen LogP contribution in [0.4, 0.5) is 0 Å². The van der Waals surface area contributed by atoms with Crippen LogP contribution in [0.2, 0.25) is 0 Å². The molecule has 0 radical (unpaired) electrons. The second-order valence-corrected chi connectivity index (χ2v) is 2.02. The van der Waals surface area contributed by atoms with E-state index >= 15 is 0 Å². The van der Waals surface area contributed by atoms with Gasteiger partial charge < -0.3 is 4.55 Å². The third-order valence-electron chi connectivity index (χ3n) is 0.371. The molecule has 0 saturated carbocycles. The quantitative estimate of drug-likeness (QED) is 0.301. The van der Waals surface area contributed by atoms with E-state index in [0.29, 0.717) is 5.75 Å². The monoisotopic (exact) mass is 130 g/mol. The molecule has 0 aliphatic heterocycles. The van der Waals surface area contributed by atoms with Gasteiger partial charge in [-0.15, -0.1) is 0 Å². The van der Waals surface area contributed by atoms with Crippen molar-refractivity contribution in [2.24, 2.45) is 0 Å². The first-order valence-corrected chi connectivity index (χ1v) is 3.07. The fourth-order valence-electron chi connectivity index (χ4n) is 0.167. The molecule has 2 nitrogen and oxygen atoms in total. The van der Waals surface area contributed by atoms with Crippen molar-refractivity contribution in [2.75, 3.05) is 5.75 Å². The average Bonchev–Trinajstić information content (AvgIpc) is 1.35. The van der Waals surface area contributed by atoms with Gasteiger partial charge in [-0.3, -0.25) is 4.21 Å². The Morgan fingerprint density at radius 3 is 2.14 bits per heavy atom. The largest absolute Gasteiger partial charge is 1.00 e. The molecule has 1 atom stereocenters. The molecular weight excluding hydrogens is 123 g/mol. The number of hydrogen-bond acceptors (Lipinski definition) is 2. The molecule has 0 saturated heterocycles. The number of rotatable bonds is 2. The van der Waals surface area contributed by atoms with E-state index in [0.717, 1.165) is 6.42 Å². The van der Waals surface area contributed by atoms with Gasteiger partial charge >= 0.3 is 29.6 Å². The van der Waals surface area contributed by atoms with Crippen LogP contribution in [0.5, 0.6) is 0 Å². The van der Waals surface area contributed by atoms with Gasteiger partial charge in [0.05, 0.1) is 0 Å². The van der Waals surface area contributed by atoms with E-state index in [2.05, 4.69) is 0 Å². The van der Waals surface area contributed by atoms with Crippen molar-refractivity contribution in [3.63, 3.8) is 0 Å². The normalized spacial score (nSPS) is 12.3. The maximum absolute atomic E-state index is 9.60. The van der Waals surface area contributed by atoms with E-state index in [4.69, 9.17) is 0 Å². The predicted molar refractivity (Wildman–Crippen MR) is 24.1 cm³/mol. The zero-order valence-corrected chi connectivity index (χ0v) is 7.46. The molecule has 0 amide bonds. The Morgan fingerprint density at radius 2 is 2.14 bits per heavy atom. The second-order valence-electron chi connectivity index (χ2n) is 1.01. The van der Waals surface area contributed by atoms with Crippen molar-refractivity contribution in [3.8, 4) is 0 Å². The van der Waals surface area contributed by atoms with Gasteiger partial charge in [-0.25, -0.2) is 0 Å². The molecule has 0 bridgehead atoms.